The zero-order valence-electron chi connectivity index (χ0n) is 16.3. The monoisotopic (exact) mass is 371 g/mol. The summed E-state index contributed by atoms with van der Waals surface area (Å²) in [6, 6.07) is 2.38. The van der Waals surface area contributed by atoms with E-state index in [2.05, 4.69) is 36.3 Å². The molecule has 0 aliphatic carbocycles. The number of aliphatic hydroxyl groups excluding tert-OH is 1. The van der Waals surface area contributed by atoms with E-state index >= 15 is 0 Å². The van der Waals surface area contributed by atoms with Crippen molar-refractivity contribution in [3.63, 3.8) is 0 Å². The molecule has 2 saturated heterocycles. The molecule has 1 N–H and O–H groups in total. The number of aliphatic hydroxyl groups is 1. The van der Waals surface area contributed by atoms with Gasteiger partial charge in [0.2, 0.25) is 5.95 Å². The van der Waals surface area contributed by atoms with Crippen molar-refractivity contribution >= 4 is 5.95 Å². The van der Waals surface area contributed by atoms with E-state index in [4.69, 9.17) is 0 Å². The van der Waals surface area contributed by atoms with Crippen LogP contribution in [0, 0.1) is 13.8 Å². The molecule has 1 atom stereocenters. The summed E-state index contributed by atoms with van der Waals surface area (Å²) in [5.74, 6) is 0.842. The lowest BCUT2D eigenvalue weighted by molar-refractivity contribution is 0.0662. The Bertz CT molecular complexity index is 749. The van der Waals surface area contributed by atoms with E-state index in [-0.39, 0.29) is 6.10 Å². The number of nitrogens with zero attached hydrogens (tertiary/aromatic N) is 7. The zero-order valence-corrected chi connectivity index (χ0v) is 16.3. The number of aryl methyl sites for hydroxylation is 2. The fourth-order valence-electron chi connectivity index (χ4n) is 4.15. The van der Waals surface area contributed by atoms with E-state index in [1.54, 1.807) is 0 Å². The number of piperidine rings is 2. The average molecular weight is 371 g/mol. The Balaban J connectivity index is 1.34. The lowest BCUT2D eigenvalue weighted by Gasteiger charge is -2.32. The maximum Gasteiger partial charge on any atom is 0.225 e. The second kappa shape index (κ2) is 7.90. The van der Waals surface area contributed by atoms with E-state index in [1.807, 2.05) is 24.6 Å². The minimum absolute atomic E-state index is 0.203. The smallest absolute Gasteiger partial charge is 0.225 e. The van der Waals surface area contributed by atoms with Crippen molar-refractivity contribution in [2.45, 2.75) is 58.2 Å². The van der Waals surface area contributed by atoms with Crippen LogP contribution in [0.2, 0.25) is 0 Å². The second-order valence-corrected chi connectivity index (χ2v) is 7.89. The Hall–Kier alpha value is -2.06. The summed E-state index contributed by atoms with van der Waals surface area (Å²) in [7, 11) is 0. The van der Waals surface area contributed by atoms with Crippen LogP contribution in [0.25, 0.3) is 0 Å². The maximum atomic E-state index is 9.82. The molecule has 0 aromatic carbocycles. The molecule has 4 heterocycles. The van der Waals surface area contributed by atoms with Gasteiger partial charge in [-0.15, -0.1) is 5.10 Å². The second-order valence-electron chi connectivity index (χ2n) is 7.89. The maximum absolute atomic E-state index is 9.82. The van der Waals surface area contributed by atoms with Gasteiger partial charge in [-0.3, -0.25) is 4.90 Å². The van der Waals surface area contributed by atoms with Gasteiger partial charge in [-0.25, -0.2) is 14.6 Å². The van der Waals surface area contributed by atoms with Crippen LogP contribution in [0.4, 0.5) is 5.95 Å². The molecule has 0 amide bonds. The third-order valence-electron chi connectivity index (χ3n) is 5.52. The molecular formula is C19H29N7O. The van der Waals surface area contributed by atoms with Crippen molar-refractivity contribution in [2.24, 2.45) is 0 Å². The van der Waals surface area contributed by atoms with E-state index < -0.39 is 0 Å². The molecule has 146 valence electrons. The molecule has 4 rings (SSSR count). The van der Waals surface area contributed by atoms with Crippen LogP contribution in [0.5, 0.6) is 0 Å². The standard InChI is InChI=1S/C19H29N7O/c1-14-10-15(2)21-19(20-14)25-8-5-17(6-9-25)26-12-16(22-23-26)11-24-7-3-4-18(27)13-24/h10,12,17-18,27H,3-9,11,13H2,1-2H3. The molecule has 2 aromatic rings. The summed E-state index contributed by atoms with van der Waals surface area (Å²) in [4.78, 5) is 13.7. The van der Waals surface area contributed by atoms with E-state index in [1.165, 1.54) is 0 Å². The lowest BCUT2D eigenvalue weighted by atomic mass is 10.1. The van der Waals surface area contributed by atoms with Crippen molar-refractivity contribution in [1.82, 2.24) is 29.9 Å². The molecule has 8 nitrogen and oxygen atoms in total. The fourth-order valence-corrected chi connectivity index (χ4v) is 4.15. The normalized spacial score (nSPS) is 22.3. The first-order valence-corrected chi connectivity index (χ1v) is 9.95. The highest BCUT2D eigenvalue weighted by Crippen LogP contribution is 2.24. The fraction of sp³-hybridized carbons (Fsp3) is 0.684. The molecule has 8 heteroatoms. The number of β-amino-alcohol motifs (C(OH)–C–C–N with tert-alkyl or cyclic N) is 1. The number of anilines is 1. The molecule has 2 aromatic heterocycles. The van der Waals surface area contributed by atoms with Gasteiger partial charge in [0.1, 0.15) is 0 Å². The number of hydrogen-bond acceptors (Lipinski definition) is 7. The molecule has 0 spiro atoms. The Morgan fingerprint density at radius 3 is 2.52 bits per heavy atom. The van der Waals surface area contributed by atoms with Crippen LogP contribution >= 0.6 is 0 Å². The van der Waals surface area contributed by atoms with Gasteiger partial charge in [0.15, 0.2) is 0 Å². The summed E-state index contributed by atoms with van der Waals surface area (Å²) >= 11 is 0. The summed E-state index contributed by atoms with van der Waals surface area (Å²) in [6.07, 6.45) is 5.86. The molecule has 0 saturated carbocycles. The SMILES string of the molecule is Cc1cc(C)nc(N2CCC(n3cc(CN4CCCC(O)C4)nn3)CC2)n1. The third-order valence-corrected chi connectivity index (χ3v) is 5.52. The first kappa shape index (κ1) is 18.3. The van der Waals surface area contributed by atoms with Gasteiger partial charge in [0.25, 0.3) is 0 Å². The Kier molecular flexibility index (Phi) is 5.36. The van der Waals surface area contributed by atoms with Gasteiger partial charge in [-0.05, 0) is 52.1 Å². The number of hydrogen-bond donors (Lipinski definition) is 1. The van der Waals surface area contributed by atoms with Crippen LogP contribution < -0.4 is 4.90 Å². The van der Waals surface area contributed by atoms with E-state index in [0.717, 1.165) is 81.4 Å². The Morgan fingerprint density at radius 2 is 1.81 bits per heavy atom. The topological polar surface area (TPSA) is 83.2 Å². The number of rotatable bonds is 4. The molecule has 1 unspecified atom stereocenters. The highest BCUT2D eigenvalue weighted by molar-refractivity contribution is 5.32. The van der Waals surface area contributed by atoms with Crippen molar-refractivity contribution in [1.29, 1.82) is 0 Å². The Morgan fingerprint density at radius 1 is 1.07 bits per heavy atom. The molecule has 2 aliphatic rings. The average Bonchev–Trinajstić information content (AvgIpc) is 3.09. The molecule has 27 heavy (non-hydrogen) atoms. The Labute approximate surface area is 160 Å². The van der Waals surface area contributed by atoms with Crippen molar-refractivity contribution in [3.8, 4) is 0 Å². The molecule has 2 fully saturated rings. The number of aromatic nitrogens is 5. The third kappa shape index (κ3) is 4.44. The quantitative estimate of drug-likeness (QED) is 0.871. The summed E-state index contributed by atoms with van der Waals surface area (Å²) < 4.78 is 2.02. The van der Waals surface area contributed by atoms with Gasteiger partial charge in [0, 0.05) is 37.6 Å². The largest absolute Gasteiger partial charge is 0.392 e. The number of likely N-dealkylation sites (tertiary alicyclic amines) is 1. The molecule has 2 aliphatic heterocycles. The van der Waals surface area contributed by atoms with Gasteiger partial charge in [-0.2, -0.15) is 0 Å². The highest BCUT2D eigenvalue weighted by atomic mass is 16.3. The van der Waals surface area contributed by atoms with E-state index in [0.29, 0.717) is 6.04 Å². The lowest BCUT2D eigenvalue weighted by Crippen LogP contribution is -2.37. The molecular weight excluding hydrogens is 342 g/mol. The predicted octanol–water partition coefficient (Wildman–Crippen LogP) is 1.48. The molecule has 0 bridgehead atoms. The van der Waals surface area contributed by atoms with Crippen LogP contribution in [0.3, 0.4) is 0 Å². The minimum Gasteiger partial charge on any atom is -0.392 e. The summed E-state index contributed by atoms with van der Waals surface area (Å²) in [5.41, 5.74) is 3.02. The van der Waals surface area contributed by atoms with Crippen LogP contribution in [-0.4, -0.2) is 67.3 Å². The van der Waals surface area contributed by atoms with Gasteiger partial charge >= 0.3 is 0 Å². The zero-order chi connectivity index (χ0) is 18.8. The van der Waals surface area contributed by atoms with Gasteiger partial charge < -0.3 is 10.0 Å². The summed E-state index contributed by atoms with van der Waals surface area (Å²) in [6.45, 7) is 8.43. The first-order chi connectivity index (χ1) is 13.1. The predicted molar refractivity (Wildman–Crippen MR) is 103 cm³/mol. The van der Waals surface area contributed by atoms with Crippen molar-refractivity contribution in [2.75, 3.05) is 31.1 Å². The van der Waals surface area contributed by atoms with Crippen LogP contribution in [0.1, 0.15) is 48.8 Å². The van der Waals surface area contributed by atoms with Crippen molar-refractivity contribution in [3.05, 3.63) is 29.3 Å². The van der Waals surface area contributed by atoms with Crippen LogP contribution in [0.15, 0.2) is 12.3 Å². The minimum atomic E-state index is -0.203. The summed E-state index contributed by atoms with van der Waals surface area (Å²) in [5, 5.41) is 18.6. The first-order valence-electron chi connectivity index (χ1n) is 9.95. The van der Waals surface area contributed by atoms with E-state index in [9.17, 15) is 5.11 Å². The van der Waals surface area contributed by atoms with Gasteiger partial charge in [0.05, 0.1) is 24.0 Å². The molecule has 0 radical (unpaired) electrons. The van der Waals surface area contributed by atoms with Gasteiger partial charge in [-0.1, -0.05) is 5.21 Å². The van der Waals surface area contributed by atoms with Crippen LogP contribution in [-0.2, 0) is 6.54 Å². The van der Waals surface area contributed by atoms with Crippen molar-refractivity contribution < 1.29 is 5.11 Å². The highest BCUT2D eigenvalue weighted by Gasteiger charge is 2.24.